The number of nitrogens with one attached hydrogen (secondary N) is 3. The van der Waals surface area contributed by atoms with E-state index in [4.69, 9.17) is 23.2 Å². The molecule has 0 heterocycles. The van der Waals surface area contributed by atoms with Gasteiger partial charge in [0.05, 0.1) is 15.6 Å². The van der Waals surface area contributed by atoms with Gasteiger partial charge in [0.1, 0.15) is 0 Å². The Morgan fingerprint density at radius 2 is 1.93 bits per heavy atom. The Kier molecular flexibility index (Phi) is 6.72. The topological polar surface area (TPSA) is 87.3 Å². The lowest BCUT2D eigenvalue weighted by molar-refractivity contribution is 0.0936. The Balaban J connectivity index is 1.75. The fraction of sp³-hybridized carbons (Fsp3) is 0.250. The molecule has 0 bridgehead atoms. The third-order valence-electron chi connectivity index (χ3n) is 4.64. The minimum Gasteiger partial charge on any atom is -0.303 e. The second kappa shape index (κ2) is 9.07. The van der Waals surface area contributed by atoms with Crippen LogP contribution in [0.3, 0.4) is 0 Å². The summed E-state index contributed by atoms with van der Waals surface area (Å²) in [4.78, 5) is 12.4. The summed E-state index contributed by atoms with van der Waals surface area (Å²) in [7, 11) is -3.96. The van der Waals surface area contributed by atoms with Gasteiger partial charge in [-0.3, -0.25) is 14.9 Å². The summed E-state index contributed by atoms with van der Waals surface area (Å²) < 4.78 is 27.8. The van der Waals surface area contributed by atoms with E-state index >= 15 is 0 Å². The van der Waals surface area contributed by atoms with Gasteiger partial charge >= 0.3 is 0 Å². The van der Waals surface area contributed by atoms with Crippen molar-refractivity contribution < 1.29 is 13.2 Å². The minimum atomic E-state index is -3.96. The molecule has 6 nitrogen and oxygen atoms in total. The summed E-state index contributed by atoms with van der Waals surface area (Å²) in [6.45, 7) is 2.09. The van der Waals surface area contributed by atoms with Gasteiger partial charge < -0.3 is 5.43 Å². The van der Waals surface area contributed by atoms with E-state index in [0.29, 0.717) is 10.9 Å². The molecule has 0 saturated heterocycles. The van der Waals surface area contributed by atoms with Crippen molar-refractivity contribution in [2.75, 3.05) is 4.72 Å². The maximum atomic E-state index is 12.7. The lowest BCUT2D eigenvalue weighted by atomic mass is 9.94. The molecule has 2 aromatic rings. The number of hydrazine groups is 1. The molecule has 29 heavy (non-hydrogen) atoms. The molecule has 0 spiro atoms. The molecule has 1 amide bonds. The summed E-state index contributed by atoms with van der Waals surface area (Å²) in [5.74, 6) is -0.0936. The monoisotopic (exact) mass is 453 g/mol. The Hall–Kier alpha value is -2.22. The molecule has 3 N–H and O–H groups in total. The molecule has 3 rings (SSSR count). The number of hydrogen-bond donors (Lipinski definition) is 3. The highest BCUT2D eigenvalue weighted by molar-refractivity contribution is 7.92. The fourth-order valence-electron chi connectivity index (χ4n) is 3.00. The van der Waals surface area contributed by atoms with Gasteiger partial charge in [0.25, 0.3) is 15.9 Å². The number of anilines is 1. The van der Waals surface area contributed by atoms with Gasteiger partial charge in [-0.25, -0.2) is 8.42 Å². The largest absolute Gasteiger partial charge is 0.303 e. The first-order chi connectivity index (χ1) is 13.8. The van der Waals surface area contributed by atoms with Crippen LogP contribution in [0.15, 0.2) is 59.1 Å². The number of carbonyl (C=O) groups is 1. The van der Waals surface area contributed by atoms with Crippen LogP contribution >= 0.6 is 23.2 Å². The van der Waals surface area contributed by atoms with Crippen molar-refractivity contribution in [1.29, 1.82) is 0 Å². The van der Waals surface area contributed by atoms with E-state index in [1.165, 1.54) is 30.3 Å². The van der Waals surface area contributed by atoms with Gasteiger partial charge in [-0.1, -0.05) is 42.3 Å². The van der Waals surface area contributed by atoms with Crippen LogP contribution in [0, 0.1) is 5.92 Å². The molecule has 0 aliphatic heterocycles. The molecule has 0 radical (unpaired) electrons. The molecule has 9 heteroatoms. The third-order valence-corrected chi connectivity index (χ3v) is 6.56. The quantitative estimate of drug-likeness (QED) is 0.551. The third kappa shape index (κ3) is 5.44. The lowest BCUT2D eigenvalue weighted by Gasteiger charge is -2.22. The molecule has 1 aliphatic rings. The van der Waals surface area contributed by atoms with Crippen LogP contribution in [-0.4, -0.2) is 14.3 Å². The van der Waals surface area contributed by atoms with E-state index in [1.54, 1.807) is 12.1 Å². The number of carbonyl (C=O) groups excluding carboxylic acids is 1. The second-order valence-corrected chi connectivity index (χ2v) is 9.35. The van der Waals surface area contributed by atoms with Crippen molar-refractivity contribution in [3.63, 3.8) is 0 Å². The van der Waals surface area contributed by atoms with Crippen molar-refractivity contribution >= 4 is 44.8 Å². The number of halogens is 2. The maximum Gasteiger partial charge on any atom is 0.269 e. The summed E-state index contributed by atoms with van der Waals surface area (Å²) in [6, 6.07) is 10.2. The first-order valence-electron chi connectivity index (χ1n) is 9.10. The average Bonchev–Trinajstić information content (AvgIpc) is 2.70. The Labute approximate surface area is 180 Å². The number of hydrogen-bond acceptors (Lipinski definition) is 4. The van der Waals surface area contributed by atoms with Crippen molar-refractivity contribution in [2.24, 2.45) is 5.92 Å². The molecule has 2 aromatic carbocycles. The van der Waals surface area contributed by atoms with E-state index in [1.807, 2.05) is 0 Å². The molecule has 154 valence electrons. The molecule has 0 unspecified atom stereocenters. The number of sulfonamides is 1. The predicted octanol–water partition coefficient (Wildman–Crippen LogP) is 4.73. The van der Waals surface area contributed by atoms with E-state index in [0.717, 1.165) is 25.0 Å². The second-order valence-electron chi connectivity index (χ2n) is 6.83. The van der Waals surface area contributed by atoms with Gasteiger partial charge in [0, 0.05) is 16.3 Å². The van der Waals surface area contributed by atoms with Gasteiger partial charge in [0.15, 0.2) is 0 Å². The Morgan fingerprint density at radius 3 is 2.69 bits per heavy atom. The molecular formula is C20H21Cl2N3O3S. The summed E-state index contributed by atoms with van der Waals surface area (Å²) in [5, 5.41) is 0.559. The summed E-state index contributed by atoms with van der Waals surface area (Å²) >= 11 is 11.9. The number of benzene rings is 2. The molecule has 0 fully saturated rings. The number of rotatable bonds is 6. The van der Waals surface area contributed by atoms with Crippen LogP contribution < -0.4 is 15.6 Å². The van der Waals surface area contributed by atoms with E-state index in [9.17, 15) is 13.2 Å². The van der Waals surface area contributed by atoms with Crippen molar-refractivity contribution in [2.45, 2.75) is 31.1 Å². The number of amides is 1. The molecule has 0 aromatic heterocycles. The van der Waals surface area contributed by atoms with Gasteiger partial charge in [-0.05, 0) is 61.6 Å². The molecule has 1 aliphatic carbocycles. The van der Waals surface area contributed by atoms with Crippen molar-refractivity contribution in [3.8, 4) is 0 Å². The smallest absolute Gasteiger partial charge is 0.269 e. The van der Waals surface area contributed by atoms with Crippen molar-refractivity contribution in [3.05, 3.63) is 69.8 Å². The van der Waals surface area contributed by atoms with Crippen LogP contribution in [0.25, 0.3) is 0 Å². The van der Waals surface area contributed by atoms with Gasteiger partial charge in [-0.2, -0.15) is 0 Å². The van der Waals surface area contributed by atoms with Crippen LogP contribution in [0.5, 0.6) is 0 Å². The van der Waals surface area contributed by atoms with Crippen LogP contribution in [0.1, 0.15) is 36.5 Å². The van der Waals surface area contributed by atoms with Crippen LogP contribution in [-0.2, 0) is 10.0 Å². The minimum absolute atomic E-state index is 0.0635. The van der Waals surface area contributed by atoms with Crippen molar-refractivity contribution in [1.82, 2.24) is 10.9 Å². The molecule has 0 saturated carbocycles. The zero-order valence-corrected chi connectivity index (χ0v) is 18.0. The summed E-state index contributed by atoms with van der Waals surface area (Å²) in [6.07, 6.45) is 5.21. The zero-order chi connectivity index (χ0) is 21.0. The van der Waals surface area contributed by atoms with E-state index < -0.39 is 15.9 Å². The van der Waals surface area contributed by atoms with E-state index in [-0.39, 0.29) is 21.2 Å². The van der Waals surface area contributed by atoms with Crippen LogP contribution in [0.2, 0.25) is 10.0 Å². The Bertz CT molecular complexity index is 1050. The molecule has 1 atom stereocenters. The Morgan fingerprint density at radius 1 is 1.14 bits per heavy atom. The highest BCUT2D eigenvalue weighted by atomic mass is 35.5. The van der Waals surface area contributed by atoms with Gasteiger partial charge in [0.2, 0.25) is 0 Å². The lowest BCUT2D eigenvalue weighted by Crippen LogP contribution is -2.39. The molecular weight excluding hydrogens is 433 g/mol. The highest BCUT2D eigenvalue weighted by Crippen LogP contribution is 2.28. The maximum absolute atomic E-state index is 12.7. The first-order valence-corrected chi connectivity index (χ1v) is 11.3. The highest BCUT2D eigenvalue weighted by Gasteiger charge is 2.19. The predicted molar refractivity (Wildman–Crippen MR) is 115 cm³/mol. The normalized spacial score (nSPS) is 16.7. The fourth-order valence-corrected chi connectivity index (χ4v) is 4.51. The SMILES string of the molecule is C[C@H]1CCCC=C1NNC(=O)c1cccc(S(=O)(=O)Nc2cc(Cl)ccc2Cl)c1. The first kappa shape index (κ1) is 21.5. The average molecular weight is 454 g/mol. The van der Waals surface area contributed by atoms with E-state index in [2.05, 4.69) is 28.6 Å². The standard InChI is InChI=1S/C20H21Cl2N3O3S/c1-13-5-2-3-8-18(13)23-24-20(26)14-6-4-7-16(11-14)29(27,28)25-19-12-15(21)9-10-17(19)22/h4,6-13,23,25H,2-3,5H2,1H3,(H,24,26)/t13-/m0/s1. The zero-order valence-electron chi connectivity index (χ0n) is 15.7. The van der Waals surface area contributed by atoms with Crippen LogP contribution in [0.4, 0.5) is 5.69 Å². The summed E-state index contributed by atoms with van der Waals surface area (Å²) in [5.41, 5.74) is 6.91. The number of allylic oxidation sites excluding steroid dienone is 2. The van der Waals surface area contributed by atoms with Gasteiger partial charge in [-0.15, -0.1) is 0 Å².